The van der Waals surface area contributed by atoms with E-state index in [0.29, 0.717) is 18.4 Å². The lowest BCUT2D eigenvalue weighted by atomic mass is 9.75. The fourth-order valence-electron chi connectivity index (χ4n) is 10.1. The lowest BCUT2D eigenvalue weighted by Crippen LogP contribution is -2.41. The summed E-state index contributed by atoms with van der Waals surface area (Å²) < 4.78 is 28.3. The molecule has 0 amide bonds. The molecule has 4 atom stereocenters. The Labute approximate surface area is 379 Å². The molecule has 4 aliphatic carbocycles. The predicted molar refractivity (Wildman–Crippen MR) is 256 cm³/mol. The summed E-state index contributed by atoms with van der Waals surface area (Å²) in [7, 11) is -0.182. The zero-order chi connectivity index (χ0) is 41.6. The zero-order valence-electron chi connectivity index (χ0n) is 36.5. The third kappa shape index (κ3) is 9.24. The summed E-state index contributed by atoms with van der Waals surface area (Å²) >= 11 is 3.65. The highest BCUT2D eigenvalue weighted by Gasteiger charge is 2.52. The number of allylic oxidation sites excluding steroid dienone is 3. The number of hydrogen-bond donors (Lipinski definition) is 0. The molecule has 0 bridgehead atoms. The van der Waals surface area contributed by atoms with E-state index in [-0.39, 0.29) is 33.2 Å². The SMILES string of the molecule is C.C.CC1(C)OB(C2=CCOCC2)OC1(C)C.CC1CCCCC1c1cn2c3c(ncc2n1)CC=C3Br.CC1CCCCC1c1cn2c3c(ncc2n1)CC=C3C1=CCOCC1. The van der Waals surface area contributed by atoms with Crippen molar-refractivity contribution in [1.29, 1.82) is 0 Å². The summed E-state index contributed by atoms with van der Waals surface area (Å²) in [6.07, 6.45) is 31.6. The summed E-state index contributed by atoms with van der Waals surface area (Å²) in [5.74, 6) is 2.69. The van der Waals surface area contributed by atoms with Gasteiger partial charge in [-0.1, -0.05) is 91.5 Å². The molecule has 1 saturated heterocycles. The van der Waals surface area contributed by atoms with E-state index >= 15 is 0 Å². The topological polar surface area (TPSA) is 97.3 Å². The molecule has 4 aromatic heterocycles. The van der Waals surface area contributed by atoms with Gasteiger partial charge in [-0.2, -0.15) is 0 Å². The van der Waals surface area contributed by atoms with Gasteiger partial charge in [-0.15, -0.1) is 0 Å². The molecule has 4 aromatic rings. The summed E-state index contributed by atoms with van der Waals surface area (Å²) in [6.45, 7) is 16.0. The highest BCUT2D eigenvalue weighted by Crippen LogP contribution is 2.42. The van der Waals surface area contributed by atoms with Crippen molar-refractivity contribution < 1.29 is 18.8 Å². The fraction of sp³-hybridized carbons (Fsp3) is 0.600. The maximum Gasteiger partial charge on any atom is 0.490 e. The van der Waals surface area contributed by atoms with Crippen molar-refractivity contribution in [3.63, 3.8) is 0 Å². The number of hydrogen-bond acceptors (Lipinski definition) is 8. The molecule has 7 aliphatic rings. The Morgan fingerprint density at radius 3 is 1.71 bits per heavy atom. The first-order valence-electron chi connectivity index (χ1n) is 22.7. The molecule has 3 aliphatic heterocycles. The first-order chi connectivity index (χ1) is 29.0. The molecule has 10 nitrogen and oxygen atoms in total. The van der Waals surface area contributed by atoms with Crippen LogP contribution >= 0.6 is 15.9 Å². The third-order valence-electron chi connectivity index (χ3n) is 14.5. The van der Waals surface area contributed by atoms with Gasteiger partial charge in [-0.25, -0.2) is 9.97 Å². The van der Waals surface area contributed by atoms with Crippen molar-refractivity contribution in [3.8, 4) is 0 Å². The maximum absolute atomic E-state index is 5.96. The van der Waals surface area contributed by atoms with Crippen molar-refractivity contribution in [2.45, 2.75) is 156 Å². The highest BCUT2D eigenvalue weighted by atomic mass is 79.9. The standard InChI is InChI=1S/C21H25N3O.C16H18BrN3.C11H19BO3.2CH4/c1-14-4-2-3-5-16(14)19-13-24-20(23-19)12-22-18-7-6-17(21(18)24)15-8-10-25-11-9-15;1-10-4-2-3-5-11(10)14-9-20-15(19-14)8-18-13-7-6-12(17)16(13)20;1-10(2)11(3,4)15-12(14-10)9-5-7-13-8-6-9;;/h6,8,12-14,16H,2-5,7,9-11H2,1H3;6,8-11H,2-5,7H2,1H3;5H,6-8H2,1-4H3;2*1H4. The van der Waals surface area contributed by atoms with E-state index in [0.717, 1.165) is 78.8 Å². The van der Waals surface area contributed by atoms with Crippen molar-refractivity contribution in [1.82, 2.24) is 28.7 Å². The van der Waals surface area contributed by atoms with E-state index in [1.807, 2.05) is 12.4 Å². The molecule has 334 valence electrons. The van der Waals surface area contributed by atoms with Gasteiger partial charge in [0.25, 0.3) is 0 Å². The van der Waals surface area contributed by atoms with Crippen molar-refractivity contribution in [2.75, 3.05) is 26.4 Å². The average molecular weight is 910 g/mol. The summed E-state index contributed by atoms with van der Waals surface area (Å²) in [4.78, 5) is 19.1. The Bertz CT molecular complexity index is 2340. The molecule has 11 rings (SSSR count). The monoisotopic (exact) mass is 908 g/mol. The van der Waals surface area contributed by atoms with Gasteiger partial charge >= 0.3 is 7.12 Å². The molecule has 3 fully saturated rings. The second kappa shape index (κ2) is 19.4. The van der Waals surface area contributed by atoms with Crippen molar-refractivity contribution >= 4 is 44.4 Å². The number of ether oxygens (including phenoxy) is 2. The van der Waals surface area contributed by atoms with Crippen LogP contribution in [0, 0.1) is 11.8 Å². The molecule has 4 unspecified atom stereocenters. The summed E-state index contributed by atoms with van der Waals surface area (Å²) in [5.41, 5.74) is 12.7. The van der Waals surface area contributed by atoms with Gasteiger partial charge in [0.15, 0.2) is 11.3 Å². The Balaban J connectivity index is 0.000000142. The second-order valence-electron chi connectivity index (χ2n) is 19.0. The quantitative estimate of drug-likeness (QED) is 0.187. The smallest absolute Gasteiger partial charge is 0.400 e. The van der Waals surface area contributed by atoms with E-state index in [1.165, 1.54) is 96.5 Å². The Hall–Kier alpha value is -3.42. The van der Waals surface area contributed by atoms with E-state index < -0.39 is 0 Å². The van der Waals surface area contributed by atoms with Crippen LogP contribution in [0.4, 0.5) is 0 Å². The molecule has 0 N–H and O–H groups in total. The van der Waals surface area contributed by atoms with Gasteiger partial charge in [0, 0.05) is 41.6 Å². The van der Waals surface area contributed by atoms with Gasteiger partial charge in [-0.3, -0.25) is 18.8 Å². The lowest BCUT2D eigenvalue weighted by molar-refractivity contribution is 0.00578. The Morgan fingerprint density at radius 1 is 0.661 bits per heavy atom. The van der Waals surface area contributed by atoms with Gasteiger partial charge in [0.1, 0.15) is 0 Å². The minimum Gasteiger partial charge on any atom is -0.400 e. The average Bonchev–Trinajstić information content (AvgIpc) is 4.08. The van der Waals surface area contributed by atoms with Gasteiger partial charge < -0.3 is 18.8 Å². The van der Waals surface area contributed by atoms with Crippen LogP contribution < -0.4 is 0 Å². The molecule has 0 spiro atoms. The number of aromatic nitrogens is 6. The number of fused-ring (bicyclic) bond motifs is 6. The molecule has 2 saturated carbocycles. The van der Waals surface area contributed by atoms with Crippen molar-refractivity contribution in [3.05, 3.63) is 94.3 Å². The third-order valence-corrected chi connectivity index (χ3v) is 15.2. The normalized spacial score (nSPS) is 26.0. The van der Waals surface area contributed by atoms with Crippen LogP contribution in [0.15, 0.2) is 60.1 Å². The zero-order valence-corrected chi connectivity index (χ0v) is 38.1. The van der Waals surface area contributed by atoms with Crippen LogP contribution in [0.5, 0.6) is 0 Å². The van der Waals surface area contributed by atoms with Crippen LogP contribution in [-0.4, -0.2) is 73.5 Å². The molecule has 0 aromatic carbocycles. The minimum absolute atomic E-state index is 0. The molecular weight excluding hydrogens is 839 g/mol. The second-order valence-corrected chi connectivity index (χ2v) is 19.8. The molecule has 0 radical (unpaired) electrons. The molecular formula is C50H70BBrN6O4. The van der Waals surface area contributed by atoms with Crippen LogP contribution in [0.3, 0.4) is 0 Å². The lowest BCUT2D eigenvalue weighted by Gasteiger charge is -2.32. The fourth-order valence-corrected chi connectivity index (χ4v) is 10.7. The van der Waals surface area contributed by atoms with Crippen LogP contribution in [-0.2, 0) is 31.6 Å². The van der Waals surface area contributed by atoms with Gasteiger partial charge in [0.05, 0.1) is 84.2 Å². The number of rotatable bonds is 4. The van der Waals surface area contributed by atoms with Crippen LogP contribution in [0.25, 0.3) is 21.3 Å². The maximum atomic E-state index is 5.96. The first kappa shape index (κ1) is 46.6. The number of nitrogens with zero attached hydrogens (tertiary/aromatic N) is 6. The van der Waals surface area contributed by atoms with Gasteiger partial charge in [-0.05, 0) is 97.8 Å². The summed E-state index contributed by atoms with van der Waals surface area (Å²) in [6, 6.07) is 0. The highest BCUT2D eigenvalue weighted by molar-refractivity contribution is 9.15. The first-order valence-corrected chi connectivity index (χ1v) is 23.5. The predicted octanol–water partition coefficient (Wildman–Crippen LogP) is 11.9. The largest absolute Gasteiger partial charge is 0.490 e. The van der Waals surface area contributed by atoms with E-state index in [4.69, 9.17) is 33.7 Å². The van der Waals surface area contributed by atoms with E-state index in [1.54, 1.807) is 0 Å². The van der Waals surface area contributed by atoms with E-state index in [2.05, 4.69) is 108 Å². The minimum atomic E-state index is -0.239. The number of halogens is 1. The molecule has 7 heterocycles. The summed E-state index contributed by atoms with van der Waals surface area (Å²) in [5, 5.41) is 0. The van der Waals surface area contributed by atoms with Crippen LogP contribution in [0.1, 0.15) is 167 Å². The van der Waals surface area contributed by atoms with E-state index in [9.17, 15) is 0 Å². The Morgan fingerprint density at radius 2 is 1.18 bits per heavy atom. The molecule has 12 heteroatoms. The van der Waals surface area contributed by atoms with Gasteiger partial charge in [0.2, 0.25) is 0 Å². The molecule has 62 heavy (non-hydrogen) atoms. The number of imidazole rings is 2. The van der Waals surface area contributed by atoms with Crippen LogP contribution in [0.2, 0.25) is 0 Å². The Kier molecular flexibility index (Phi) is 14.5. The van der Waals surface area contributed by atoms with Crippen molar-refractivity contribution in [2.24, 2.45) is 11.8 Å².